The van der Waals surface area contributed by atoms with Gasteiger partial charge in [-0.3, -0.25) is 4.79 Å². The zero-order chi connectivity index (χ0) is 21.0. The van der Waals surface area contributed by atoms with Crippen molar-refractivity contribution in [3.05, 3.63) is 23.3 Å². The van der Waals surface area contributed by atoms with Gasteiger partial charge in [-0.05, 0) is 98.0 Å². The van der Waals surface area contributed by atoms with Gasteiger partial charge in [0.25, 0.3) is 0 Å². The van der Waals surface area contributed by atoms with E-state index in [4.69, 9.17) is 0 Å². The van der Waals surface area contributed by atoms with Crippen molar-refractivity contribution in [2.24, 2.45) is 46.3 Å². The van der Waals surface area contributed by atoms with Crippen LogP contribution in [0.2, 0.25) is 0 Å². The molecule has 0 aromatic carbocycles. The van der Waals surface area contributed by atoms with Crippen molar-refractivity contribution in [3.8, 4) is 0 Å². The fraction of sp³-hybridized carbons (Fsp3) is 0.821. The van der Waals surface area contributed by atoms with Crippen LogP contribution in [0.1, 0.15) is 99.3 Å². The molecule has 7 atom stereocenters. The lowest BCUT2D eigenvalue weighted by atomic mass is 9.47. The van der Waals surface area contributed by atoms with Gasteiger partial charge in [0.05, 0.1) is 0 Å². The Labute approximate surface area is 179 Å². The minimum absolute atomic E-state index is 0.142. The molecule has 0 unspecified atom stereocenters. The number of fused-ring (bicyclic) bond motifs is 5. The summed E-state index contributed by atoms with van der Waals surface area (Å²) in [5.41, 5.74) is 3.24. The summed E-state index contributed by atoms with van der Waals surface area (Å²) >= 11 is 0. The van der Waals surface area contributed by atoms with Gasteiger partial charge in [-0.25, -0.2) is 0 Å². The maximum absolute atomic E-state index is 12.3. The molecule has 0 bridgehead atoms. The second kappa shape index (κ2) is 7.69. The van der Waals surface area contributed by atoms with Gasteiger partial charge in [0.15, 0.2) is 5.78 Å². The third kappa shape index (κ3) is 3.39. The van der Waals surface area contributed by atoms with E-state index in [1.54, 1.807) is 0 Å². The first-order valence-corrected chi connectivity index (χ1v) is 12.6. The van der Waals surface area contributed by atoms with E-state index in [9.17, 15) is 4.79 Å². The summed E-state index contributed by atoms with van der Waals surface area (Å²) in [4.78, 5) is 12.3. The van der Waals surface area contributed by atoms with Crippen LogP contribution in [0.3, 0.4) is 0 Å². The highest BCUT2D eigenvalue weighted by atomic mass is 16.1. The molecule has 3 saturated carbocycles. The molecular weight excluding hydrogens is 352 g/mol. The molecule has 4 aliphatic carbocycles. The molecule has 3 fully saturated rings. The Morgan fingerprint density at radius 2 is 1.79 bits per heavy atom. The molecule has 4 rings (SSSR count). The molecule has 0 aromatic rings. The summed E-state index contributed by atoms with van der Waals surface area (Å²) in [5.74, 6) is 5.42. The Morgan fingerprint density at radius 3 is 2.52 bits per heavy atom. The molecule has 0 amide bonds. The molecule has 1 nitrogen and oxygen atoms in total. The van der Waals surface area contributed by atoms with Crippen molar-refractivity contribution in [3.63, 3.8) is 0 Å². The quantitative estimate of drug-likeness (QED) is 0.464. The molecule has 0 saturated heterocycles. The third-order valence-corrected chi connectivity index (χ3v) is 10.2. The first-order valence-electron chi connectivity index (χ1n) is 12.6. The van der Waals surface area contributed by atoms with Crippen LogP contribution < -0.4 is 0 Å². The normalized spacial score (nSPS) is 42.7. The maximum Gasteiger partial charge on any atom is 0.181 e. The lowest BCUT2D eigenvalue weighted by molar-refractivity contribution is -0.112. The van der Waals surface area contributed by atoms with Gasteiger partial charge >= 0.3 is 0 Å². The van der Waals surface area contributed by atoms with Crippen LogP contribution in [0.5, 0.6) is 0 Å². The smallest absolute Gasteiger partial charge is 0.181 e. The maximum atomic E-state index is 12.3. The van der Waals surface area contributed by atoms with E-state index < -0.39 is 0 Å². The van der Waals surface area contributed by atoms with E-state index >= 15 is 0 Å². The van der Waals surface area contributed by atoms with Crippen LogP contribution >= 0.6 is 0 Å². The summed E-state index contributed by atoms with van der Waals surface area (Å²) in [6.45, 7) is 14.5. The number of ketones is 1. The highest BCUT2D eigenvalue weighted by Gasteiger charge is 2.59. The number of hydrogen-bond donors (Lipinski definition) is 0. The summed E-state index contributed by atoms with van der Waals surface area (Å²) in [6.07, 6.45) is 16.6. The molecule has 162 valence electrons. The third-order valence-electron chi connectivity index (χ3n) is 10.2. The molecule has 29 heavy (non-hydrogen) atoms. The molecule has 4 aliphatic rings. The SMILES string of the molecule is CC1=C2CC[C@H]3[C@@H]4CC[C@H]([C@H](C)CCCC(C)C)[C@@]4(C)CC[C@@H]3[C@@]2(C)C=CC1=O. The second-order valence-corrected chi connectivity index (χ2v) is 12.0. The molecule has 0 aliphatic heterocycles. The number of rotatable bonds is 5. The second-order valence-electron chi connectivity index (χ2n) is 12.0. The molecular formula is C28H44O. The van der Waals surface area contributed by atoms with Crippen molar-refractivity contribution >= 4 is 5.78 Å². The van der Waals surface area contributed by atoms with Gasteiger partial charge in [0.1, 0.15) is 0 Å². The van der Waals surface area contributed by atoms with Gasteiger partial charge in [0.2, 0.25) is 0 Å². The topological polar surface area (TPSA) is 17.1 Å². The predicted octanol–water partition coefficient (Wildman–Crippen LogP) is 7.76. The highest BCUT2D eigenvalue weighted by Crippen LogP contribution is 2.67. The van der Waals surface area contributed by atoms with Crippen molar-refractivity contribution in [2.75, 3.05) is 0 Å². The van der Waals surface area contributed by atoms with Crippen molar-refractivity contribution in [2.45, 2.75) is 99.3 Å². The van der Waals surface area contributed by atoms with E-state index in [-0.39, 0.29) is 11.2 Å². The summed E-state index contributed by atoms with van der Waals surface area (Å²) in [6, 6.07) is 0. The van der Waals surface area contributed by atoms with Crippen molar-refractivity contribution < 1.29 is 4.79 Å². The van der Waals surface area contributed by atoms with Crippen LogP contribution in [0.15, 0.2) is 23.3 Å². The van der Waals surface area contributed by atoms with Gasteiger partial charge in [0, 0.05) is 5.41 Å². The largest absolute Gasteiger partial charge is 0.290 e. The minimum Gasteiger partial charge on any atom is -0.290 e. The standard InChI is InChI=1S/C28H44O/c1-18(2)8-7-9-19(3)22-12-13-24-21-10-11-23-20(4)26(29)15-17-28(23,6)25(21)14-16-27(22,24)5/h15,17-19,21-22,24-25H,7-14,16H2,1-6H3/t19-,21+,22-,24+,25+,27-,28+/m1/s1. The first-order chi connectivity index (χ1) is 13.7. The highest BCUT2D eigenvalue weighted by molar-refractivity contribution is 6.05. The van der Waals surface area contributed by atoms with Gasteiger partial charge < -0.3 is 0 Å². The monoisotopic (exact) mass is 396 g/mol. The average molecular weight is 397 g/mol. The summed E-state index contributed by atoms with van der Waals surface area (Å²) in [7, 11) is 0. The summed E-state index contributed by atoms with van der Waals surface area (Å²) in [5, 5.41) is 0. The molecule has 0 spiro atoms. The number of allylic oxidation sites excluding steroid dienone is 4. The van der Waals surface area contributed by atoms with E-state index in [1.807, 2.05) is 6.08 Å². The predicted molar refractivity (Wildman–Crippen MR) is 123 cm³/mol. The lowest BCUT2D eigenvalue weighted by Crippen LogP contribution is -2.50. The number of carbonyl (C=O) groups excluding carboxylic acids is 1. The Kier molecular flexibility index (Phi) is 5.67. The molecule has 0 N–H and O–H groups in total. The molecule has 0 aromatic heterocycles. The Morgan fingerprint density at radius 1 is 1.03 bits per heavy atom. The van der Waals surface area contributed by atoms with E-state index in [0.29, 0.717) is 5.41 Å². The summed E-state index contributed by atoms with van der Waals surface area (Å²) < 4.78 is 0. The zero-order valence-electron chi connectivity index (χ0n) is 19.9. The Balaban J connectivity index is 1.52. The minimum atomic E-state index is 0.142. The van der Waals surface area contributed by atoms with Crippen LogP contribution in [0.4, 0.5) is 0 Å². The Bertz CT molecular complexity index is 712. The lowest BCUT2D eigenvalue weighted by Gasteiger charge is -2.58. The fourth-order valence-corrected chi connectivity index (χ4v) is 8.60. The van der Waals surface area contributed by atoms with E-state index in [1.165, 1.54) is 56.9 Å². The molecule has 0 radical (unpaired) electrons. The van der Waals surface area contributed by atoms with Gasteiger partial charge in [-0.2, -0.15) is 0 Å². The Hall–Kier alpha value is -0.850. The van der Waals surface area contributed by atoms with E-state index in [0.717, 1.165) is 47.5 Å². The van der Waals surface area contributed by atoms with Crippen LogP contribution in [0, 0.1) is 46.3 Å². The average Bonchev–Trinajstić information content (AvgIpc) is 3.02. The van der Waals surface area contributed by atoms with Crippen molar-refractivity contribution in [1.29, 1.82) is 0 Å². The number of carbonyl (C=O) groups is 1. The van der Waals surface area contributed by atoms with Crippen LogP contribution in [0.25, 0.3) is 0 Å². The van der Waals surface area contributed by atoms with Gasteiger partial charge in [-0.1, -0.05) is 65.5 Å². The first kappa shape index (κ1) is 21.4. The fourth-order valence-electron chi connectivity index (χ4n) is 8.60. The van der Waals surface area contributed by atoms with Crippen molar-refractivity contribution in [1.82, 2.24) is 0 Å². The van der Waals surface area contributed by atoms with Crippen LogP contribution in [-0.4, -0.2) is 5.78 Å². The zero-order valence-corrected chi connectivity index (χ0v) is 19.9. The molecule has 0 heterocycles. The van der Waals surface area contributed by atoms with E-state index in [2.05, 4.69) is 47.6 Å². The van der Waals surface area contributed by atoms with Gasteiger partial charge in [-0.15, -0.1) is 0 Å². The van der Waals surface area contributed by atoms with Crippen LogP contribution in [-0.2, 0) is 4.79 Å². The number of hydrogen-bond acceptors (Lipinski definition) is 1. The molecule has 1 heteroatoms.